The van der Waals surface area contributed by atoms with E-state index in [1.165, 1.54) is 12.7 Å². The highest BCUT2D eigenvalue weighted by Crippen LogP contribution is 2.37. The van der Waals surface area contributed by atoms with Crippen molar-refractivity contribution in [2.45, 2.75) is 31.7 Å². The van der Waals surface area contributed by atoms with Gasteiger partial charge in [-0.05, 0) is 24.1 Å². The third-order valence-electron chi connectivity index (χ3n) is 5.58. The van der Waals surface area contributed by atoms with E-state index < -0.39 is 12.0 Å². The standard InChI is InChI=1S/C21H22N6O6/c1-2-22-21(30)26-19-16-20(24-8-23-19)27(9-25-16)13-4-3-11(5-12(13)6-15(28)29)17-18-14(7-31-17)32-10-33-18/h3-5,8-9,14,17-18H,2,6-7,10H2,1H3,(H,28,29)(H2,22,23,24,26,30). The molecular formula is C21H22N6O6. The summed E-state index contributed by atoms with van der Waals surface area (Å²) >= 11 is 0. The normalized spacial score (nSPS) is 21.8. The van der Waals surface area contributed by atoms with Gasteiger partial charge < -0.3 is 24.6 Å². The molecule has 2 amide bonds. The first-order valence-corrected chi connectivity index (χ1v) is 10.5. The van der Waals surface area contributed by atoms with Gasteiger partial charge in [0.25, 0.3) is 0 Å². The van der Waals surface area contributed by atoms with Crippen LogP contribution in [0.15, 0.2) is 30.9 Å². The van der Waals surface area contributed by atoms with Gasteiger partial charge in [-0.3, -0.25) is 14.7 Å². The molecule has 0 saturated carbocycles. The predicted molar refractivity (Wildman–Crippen MR) is 114 cm³/mol. The van der Waals surface area contributed by atoms with E-state index in [0.717, 1.165) is 5.56 Å². The van der Waals surface area contributed by atoms with E-state index in [1.807, 2.05) is 6.07 Å². The summed E-state index contributed by atoms with van der Waals surface area (Å²) < 4.78 is 18.7. The van der Waals surface area contributed by atoms with Crippen molar-refractivity contribution in [3.63, 3.8) is 0 Å². The van der Waals surface area contributed by atoms with E-state index in [4.69, 9.17) is 14.2 Å². The number of hydrogen-bond acceptors (Lipinski definition) is 8. The summed E-state index contributed by atoms with van der Waals surface area (Å²) in [6.07, 6.45) is 1.95. The number of rotatable bonds is 6. The zero-order valence-electron chi connectivity index (χ0n) is 17.7. The van der Waals surface area contributed by atoms with Crippen LogP contribution < -0.4 is 10.6 Å². The Balaban J connectivity index is 1.53. The van der Waals surface area contributed by atoms with Gasteiger partial charge in [-0.1, -0.05) is 12.1 Å². The maximum absolute atomic E-state index is 11.9. The van der Waals surface area contributed by atoms with Gasteiger partial charge in [0.05, 0.1) is 18.7 Å². The maximum atomic E-state index is 11.9. The second kappa shape index (κ2) is 8.73. The number of hydrogen-bond donors (Lipinski definition) is 3. The summed E-state index contributed by atoms with van der Waals surface area (Å²) in [7, 11) is 0. The molecule has 2 fully saturated rings. The highest BCUT2D eigenvalue weighted by atomic mass is 16.7. The molecule has 5 rings (SSSR count). The molecule has 2 saturated heterocycles. The molecule has 3 N–H and O–H groups in total. The maximum Gasteiger partial charge on any atom is 0.320 e. The van der Waals surface area contributed by atoms with Crippen LogP contribution in [0.4, 0.5) is 10.6 Å². The molecule has 2 aromatic heterocycles. The number of fused-ring (bicyclic) bond motifs is 2. The monoisotopic (exact) mass is 454 g/mol. The van der Waals surface area contributed by atoms with Crippen molar-refractivity contribution in [2.24, 2.45) is 0 Å². The number of carbonyl (C=O) groups is 2. The van der Waals surface area contributed by atoms with Crippen LogP contribution in [0.3, 0.4) is 0 Å². The van der Waals surface area contributed by atoms with Crippen LogP contribution in [0.5, 0.6) is 0 Å². The van der Waals surface area contributed by atoms with Crippen LogP contribution in [0.25, 0.3) is 16.9 Å². The summed E-state index contributed by atoms with van der Waals surface area (Å²) in [6.45, 7) is 2.92. The number of anilines is 1. The first kappa shape index (κ1) is 21.2. The Labute approximate surface area is 187 Å². The van der Waals surface area contributed by atoms with Crippen LogP contribution in [0.2, 0.25) is 0 Å². The molecule has 2 aliphatic heterocycles. The molecule has 12 heteroatoms. The number of carbonyl (C=O) groups excluding carboxylic acids is 1. The number of carboxylic acids is 1. The molecule has 4 heterocycles. The summed E-state index contributed by atoms with van der Waals surface area (Å²) in [6, 6.07) is 5.08. The number of nitrogens with one attached hydrogen (secondary N) is 2. The summed E-state index contributed by atoms with van der Waals surface area (Å²) in [5.41, 5.74) is 2.78. The molecule has 1 aromatic carbocycles. The molecule has 0 spiro atoms. The Bertz CT molecular complexity index is 1210. The SMILES string of the molecule is CCNC(=O)Nc1ncnc2c1ncn2-c1ccc(C2OCC3OCOC32)cc1CC(=O)O. The molecule has 3 aromatic rings. The number of aromatic nitrogens is 4. The number of urea groups is 1. The molecule has 3 unspecified atom stereocenters. The van der Waals surface area contributed by atoms with Crippen LogP contribution in [-0.2, 0) is 25.4 Å². The zero-order chi connectivity index (χ0) is 22.9. The van der Waals surface area contributed by atoms with Crippen molar-refractivity contribution < 1.29 is 28.9 Å². The Morgan fingerprint density at radius 2 is 2.09 bits per heavy atom. The molecule has 12 nitrogen and oxygen atoms in total. The fourth-order valence-electron chi connectivity index (χ4n) is 4.15. The zero-order valence-corrected chi connectivity index (χ0v) is 17.7. The predicted octanol–water partition coefficient (Wildman–Crippen LogP) is 1.40. The lowest BCUT2D eigenvalue weighted by Gasteiger charge is -2.18. The highest BCUT2D eigenvalue weighted by molar-refractivity contribution is 5.96. The van der Waals surface area contributed by atoms with Gasteiger partial charge in [-0.25, -0.2) is 19.7 Å². The minimum Gasteiger partial charge on any atom is -0.481 e. The minimum absolute atomic E-state index is 0.122. The number of imidazole rings is 1. The van der Waals surface area contributed by atoms with Gasteiger partial charge in [-0.15, -0.1) is 0 Å². The van der Waals surface area contributed by atoms with E-state index in [0.29, 0.717) is 35.6 Å². The highest BCUT2D eigenvalue weighted by Gasteiger charge is 2.43. The topological polar surface area (TPSA) is 150 Å². The Kier molecular flexibility index (Phi) is 5.62. The number of amides is 2. The average molecular weight is 454 g/mol. The van der Waals surface area contributed by atoms with Crippen molar-refractivity contribution in [1.82, 2.24) is 24.8 Å². The van der Waals surface area contributed by atoms with Gasteiger partial charge >= 0.3 is 12.0 Å². The fourth-order valence-corrected chi connectivity index (χ4v) is 4.15. The number of benzene rings is 1. The molecule has 33 heavy (non-hydrogen) atoms. The van der Waals surface area contributed by atoms with Crippen LogP contribution >= 0.6 is 0 Å². The number of ether oxygens (including phenoxy) is 3. The molecule has 0 aliphatic carbocycles. The molecular weight excluding hydrogens is 432 g/mol. The molecule has 0 bridgehead atoms. The lowest BCUT2D eigenvalue weighted by atomic mass is 9.98. The second-order valence-corrected chi connectivity index (χ2v) is 7.66. The van der Waals surface area contributed by atoms with Gasteiger partial charge in [0.2, 0.25) is 0 Å². The number of aliphatic carboxylic acids is 1. The summed E-state index contributed by atoms with van der Waals surface area (Å²) in [4.78, 5) is 36.3. The Morgan fingerprint density at radius 3 is 2.91 bits per heavy atom. The van der Waals surface area contributed by atoms with E-state index in [1.54, 1.807) is 23.6 Å². The fraction of sp³-hybridized carbons (Fsp3) is 0.381. The van der Waals surface area contributed by atoms with E-state index in [-0.39, 0.29) is 37.3 Å². The van der Waals surface area contributed by atoms with Gasteiger partial charge in [0.15, 0.2) is 17.0 Å². The second-order valence-electron chi connectivity index (χ2n) is 7.66. The minimum atomic E-state index is -0.975. The van der Waals surface area contributed by atoms with Crippen molar-refractivity contribution in [1.29, 1.82) is 0 Å². The van der Waals surface area contributed by atoms with Gasteiger partial charge in [0, 0.05) is 6.54 Å². The van der Waals surface area contributed by atoms with Gasteiger partial charge in [-0.2, -0.15) is 0 Å². The van der Waals surface area contributed by atoms with Crippen LogP contribution in [0.1, 0.15) is 24.2 Å². The summed E-state index contributed by atoms with van der Waals surface area (Å²) in [5, 5.41) is 14.8. The van der Waals surface area contributed by atoms with Crippen molar-refractivity contribution >= 4 is 29.0 Å². The molecule has 172 valence electrons. The average Bonchev–Trinajstić information content (AvgIpc) is 3.50. The Hall–Kier alpha value is -3.61. The first-order chi connectivity index (χ1) is 16.0. The molecule has 2 aliphatic rings. The van der Waals surface area contributed by atoms with Crippen molar-refractivity contribution in [3.8, 4) is 5.69 Å². The largest absolute Gasteiger partial charge is 0.481 e. The number of carboxylic acid groups (broad SMARTS) is 1. The van der Waals surface area contributed by atoms with Crippen molar-refractivity contribution in [2.75, 3.05) is 25.3 Å². The smallest absolute Gasteiger partial charge is 0.320 e. The van der Waals surface area contributed by atoms with E-state index >= 15 is 0 Å². The van der Waals surface area contributed by atoms with Crippen molar-refractivity contribution in [3.05, 3.63) is 42.0 Å². The number of nitrogens with zero attached hydrogens (tertiary/aromatic N) is 4. The molecule has 3 atom stereocenters. The quantitative estimate of drug-likeness (QED) is 0.502. The summed E-state index contributed by atoms with van der Waals surface area (Å²) in [5.74, 6) is -0.721. The van der Waals surface area contributed by atoms with E-state index in [2.05, 4.69) is 25.6 Å². The first-order valence-electron chi connectivity index (χ1n) is 10.5. The third kappa shape index (κ3) is 3.99. The Morgan fingerprint density at radius 1 is 1.21 bits per heavy atom. The van der Waals surface area contributed by atoms with E-state index in [9.17, 15) is 14.7 Å². The van der Waals surface area contributed by atoms with Gasteiger partial charge in [0.1, 0.15) is 37.8 Å². The lowest BCUT2D eigenvalue weighted by molar-refractivity contribution is -0.136. The van der Waals surface area contributed by atoms with Crippen LogP contribution in [-0.4, -0.2) is 68.8 Å². The van der Waals surface area contributed by atoms with Crippen LogP contribution in [0, 0.1) is 0 Å². The third-order valence-corrected chi connectivity index (χ3v) is 5.58. The lowest BCUT2D eigenvalue weighted by Crippen LogP contribution is -2.28. The molecule has 0 radical (unpaired) electrons.